The minimum absolute atomic E-state index is 0.163. The van der Waals surface area contributed by atoms with E-state index in [0.717, 1.165) is 16.7 Å². The van der Waals surface area contributed by atoms with E-state index in [9.17, 15) is 4.39 Å². The van der Waals surface area contributed by atoms with Gasteiger partial charge in [-0.25, -0.2) is 4.39 Å². The summed E-state index contributed by atoms with van der Waals surface area (Å²) < 4.78 is 18.6. The topological polar surface area (TPSA) is 21.3 Å². The minimum atomic E-state index is -0.254. The second-order valence-corrected chi connectivity index (χ2v) is 5.02. The van der Waals surface area contributed by atoms with Crippen molar-refractivity contribution < 1.29 is 9.13 Å². The Kier molecular flexibility index (Phi) is 4.63. The molecule has 0 aliphatic rings. The SMILES string of the molecule is CNC(c1cc(F)ccc1C)c1ccc(OC)cc1Cl. The lowest BCUT2D eigenvalue weighted by atomic mass is 9.95. The largest absolute Gasteiger partial charge is 0.497 e. The van der Waals surface area contributed by atoms with E-state index >= 15 is 0 Å². The molecule has 0 aromatic heterocycles. The smallest absolute Gasteiger partial charge is 0.123 e. The maximum absolute atomic E-state index is 13.5. The van der Waals surface area contributed by atoms with Gasteiger partial charge in [0.25, 0.3) is 0 Å². The third kappa shape index (κ3) is 2.94. The quantitative estimate of drug-likeness (QED) is 0.916. The summed E-state index contributed by atoms with van der Waals surface area (Å²) in [5.74, 6) is 0.444. The molecule has 2 rings (SSSR count). The molecule has 0 saturated carbocycles. The second kappa shape index (κ2) is 6.25. The Morgan fingerprint density at radius 2 is 1.90 bits per heavy atom. The highest BCUT2D eigenvalue weighted by molar-refractivity contribution is 6.31. The average molecular weight is 294 g/mol. The van der Waals surface area contributed by atoms with Crippen LogP contribution in [0, 0.1) is 12.7 Å². The lowest BCUT2D eigenvalue weighted by molar-refractivity contribution is 0.414. The molecular weight excluding hydrogens is 277 g/mol. The normalized spacial score (nSPS) is 12.2. The van der Waals surface area contributed by atoms with Crippen LogP contribution in [0.15, 0.2) is 36.4 Å². The van der Waals surface area contributed by atoms with E-state index < -0.39 is 0 Å². The summed E-state index contributed by atoms with van der Waals surface area (Å²) in [6, 6.07) is 10.1. The van der Waals surface area contributed by atoms with Crippen molar-refractivity contribution in [2.75, 3.05) is 14.2 Å². The Hall–Kier alpha value is -1.58. The van der Waals surface area contributed by atoms with Crippen molar-refractivity contribution in [1.82, 2.24) is 5.32 Å². The van der Waals surface area contributed by atoms with Crippen LogP contribution >= 0.6 is 11.6 Å². The van der Waals surface area contributed by atoms with E-state index in [1.807, 2.05) is 26.1 Å². The zero-order valence-corrected chi connectivity index (χ0v) is 12.5. The predicted octanol–water partition coefficient (Wildman–Crippen LogP) is 4.10. The maximum atomic E-state index is 13.5. The van der Waals surface area contributed by atoms with Crippen LogP contribution in [0.2, 0.25) is 5.02 Å². The fraction of sp³-hybridized carbons (Fsp3) is 0.250. The molecule has 4 heteroatoms. The van der Waals surface area contributed by atoms with Crippen LogP contribution in [0.1, 0.15) is 22.7 Å². The Morgan fingerprint density at radius 1 is 1.15 bits per heavy atom. The van der Waals surface area contributed by atoms with Crippen molar-refractivity contribution in [1.29, 1.82) is 0 Å². The van der Waals surface area contributed by atoms with Crippen molar-refractivity contribution >= 4 is 11.6 Å². The molecule has 1 atom stereocenters. The number of nitrogens with one attached hydrogen (secondary N) is 1. The maximum Gasteiger partial charge on any atom is 0.123 e. The number of benzene rings is 2. The predicted molar refractivity (Wildman–Crippen MR) is 80.0 cm³/mol. The standard InChI is InChI=1S/C16H17ClFNO/c1-10-4-5-11(18)8-14(10)16(19-2)13-7-6-12(20-3)9-15(13)17/h4-9,16,19H,1-3H3. The molecule has 0 aliphatic heterocycles. The fourth-order valence-electron chi connectivity index (χ4n) is 2.27. The first-order chi connectivity index (χ1) is 9.56. The molecule has 0 saturated heterocycles. The second-order valence-electron chi connectivity index (χ2n) is 4.61. The van der Waals surface area contributed by atoms with Crippen molar-refractivity contribution in [2.45, 2.75) is 13.0 Å². The monoisotopic (exact) mass is 293 g/mol. The summed E-state index contributed by atoms with van der Waals surface area (Å²) in [7, 11) is 3.42. The lowest BCUT2D eigenvalue weighted by Crippen LogP contribution is -2.19. The fourth-order valence-corrected chi connectivity index (χ4v) is 2.55. The van der Waals surface area contributed by atoms with Gasteiger partial charge in [0, 0.05) is 5.02 Å². The summed E-state index contributed by atoms with van der Waals surface area (Å²) in [4.78, 5) is 0. The molecule has 2 nitrogen and oxygen atoms in total. The van der Waals surface area contributed by atoms with E-state index in [-0.39, 0.29) is 11.9 Å². The number of rotatable bonds is 4. The molecular formula is C16H17ClFNO. The van der Waals surface area contributed by atoms with Crippen LogP contribution in [0.3, 0.4) is 0 Å². The van der Waals surface area contributed by atoms with Crippen LogP contribution < -0.4 is 10.1 Å². The van der Waals surface area contributed by atoms with Crippen molar-refractivity contribution in [2.24, 2.45) is 0 Å². The van der Waals surface area contributed by atoms with Gasteiger partial charge in [0.15, 0.2) is 0 Å². The number of hydrogen-bond acceptors (Lipinski definition) is 2. The van der Waals surface area contributed by atoms with Gasteiger partial charge in [0.05, 0.1) is 13.2 Å². The molecule has 1 unspecified atom stereocenters. The van der Waals surface area contributed by atoms with Gasteiger partial charge in [-0.05, 0) is 54.9 Å². The highest BCUT2D eigenvalue weighted by Gasteiger charge is 2.18. The third-order valence-corrected chi connectivity index (χ3v) is 3.69. The molecule has 0 amide bonds. The van der Waals surface area contributed by atoms with Gasteiger partial charge < -0.3 is 10.1 Å². The first kappa shape index (κ1) is 14.8. The molecule has 0 bridgehead atoms. The van der Waals surface area contributed by atoms with Gasteiger partial charge in [-0.15, -0.1) is 0 Å². The molecule has 0 radical (unpaired) electrons. The number of ether oxygens (including phenoxy) is 1. The van der Waals surface area contributed by atoms with Gasteiger partial charge in [0.1, 0.15) is 11.6 Å². The molecule has 2 aromatic rings. The number of aryl methyl sites for hydroxylation is 1. The zero-order valence-electron chi connectivity index (χ0n) is 11.7. The molecule has 0 heterocycles. The molecule has 2 aromatic carbocycles. The first-order valence-corrected chi connectivity index (χ1v) is 6.71. The highest BCUT2D eigenvalue weighted by atomic mass is 35.5. The lowest BCUT2D eigenvalue weighted by Gasteiger charge is -2.21. The first-order valence-electron chi connectivity index (χ1n) is 6.33. The Balaban J connectivity index is 2.49. The van der Waals surface area contributed by atoms with Crippen LogP contribution in [-0.4, -0.2) is 14.2 Å². The highest BCUT2D eigenvalue weighted by Crippen LogP contribution is 2.32. The summed E-state index contributed by atoms with van der Waals surface area (Å²) >= 11 is 6.31. The van der Waals surface area contributed by atoms with E-state index in [4.69, 9.17) is 16.3 Å². The summed E-state index contributed by atoms with van der Waals surface area (Å²) in [6.45, 7) is 1.95. The van der Waals surface area contributed by atoms with Gasteiger partial charge in [-0.3, -0.25) is 0 Å². The minimum Gasteiger partial charge on any atom is -0.497 e. The summed E-state index contributed by atoms with van der Waals surface area (Å²) in [5.41, 5.74) is 2.78. The molecule has 0 fully saturated rings. The Bertz CT molecular complexity index is 615. The zero-order chi connectivity index (χ0) is 14.7. The number of methoxy groups -OCH3 is 1. The van der Waals surface area contributed by atoms with Crippen molar-refractivity contribution in [3.8, 4) is 5.75 Å². The molecule has 106 valence electrons. The van der Waals surface area contributed by atoms with E-state index in [2.05, 4.69) is 5.32 Å². The number of hydrogen-bond donors (Lipinski definition) is 1. The molecule has 0 spiro atoms. The van der Waals surface area contributed by atoms with Gasteiger partial charge in [-0.1, -0.05) is 23.7 Å². The summed E-state index contributed by atoms with van der Waals surface area (Å²) in [6.07, 6.45) is 0. The van der Waals surface area contributed by atoms with Gasteiger partial charge in [-0.2, -0.15) is 0 Å². The van der Waals surface area contributed by atoms with Gasteiger partial charge in [0.2, 0.25) is 0 Å². The molecule has 1 N–H and O–H groups in total. The van der Waals surface area contributed by atoms with E-state index in [0.29, 0.717) is 10.8 Å². The van der Waals surface area contributed by atoms with E-state index in [1.165, 1.54) is 12.1 Å². The van der Waals surface area contributed by atoms with Crippen molar-refractivity contribution in [3.05, 3.63) is 63.9 Å². The molecule has 0 aliphatic carbocycles. The van der Waals surface area contributed by atoms with Gasteiger partial charge >= 0.3 is 0 Å². The summed E-state index contributed by atoms with van der Waals surface area (Å²) in [5, 5.41) is 3.78. The van der Waals surface area contributed by atoms with Crippen LogP contribution in [-0.2, 0) is 0 Å². The third-order valence-electron chi connectivity index (χ3n) is 3.36. The van der Waals surface area contributed by atoms with Crippen LogP contribution in [0.5, 0.6) is 5.75 Å². The van der Waals surface area contributed by atoms with Crippen LogP contribution in [0.25, 0.3) is 0 Å². The van der Waals surface area contributed by atoms with Crippen LogP contribution in [0.4, 0.5) is 4.39 Å². The average Bonchev–Trinajstić information content (AvgIpc) is 2.44. The Labute approximate surface area is 123 Å². The number of halogens is 2. The Morgan fingerprint density at radius 3 is 2.50 bits per heavy atom. The van der Waals surface area contributed by atoms with Crippen molar-refractivity contribution in [3.63, 3.8) is 0 Å². The molecule has 20 heavy (non-hydrogen) atoms. The van der Waals surface area contributed by atoms with E-state index in [1.54, 1.807) is 19.2 Å².